The number of halogens is 2. The summed E-state index contributed by atoms with van der Waals surface area (Å²) in [7, 11) is 1.82. The SMILES string of the molecule is Cn1cnnc1COc1ccc(Br)c(F)c1. The van der Waals surface area contributed by atoms with Crippen LogP contribution in [-0.2, 0) is 13.7 Å². The number of hydrogen-bond acceptors (Lipinski definition) is 3. The lowest BCUT2D eigenvalue weighted by molar-refractivity contribution is 0.289. The molecule has 0 aliphatic heterocycles. The van der Waals surface area contributed by atoms with Crippen LogP contribution in [0.1, 0.15) is 5.82 Å². The Balaban J connectivity index is 2.05. The van der Waals surface area contributed by atoms with Crippen molar-refractivity contribution < 1.29 is 9.13 Å². The second-order valence-electron chi connectivity index (χ2n) is 3.22. The largest absolute Gasteiger partial charge is 0.486 e. The molecule has 6 heteroatoms. The first-order valence-corrected chi connectivity index (χ1v) is 5.37. The van der Waals surface area contributed by atoms with Gasteiger partial charge in [-0.25, -0.2) is 4.39 Å². The van der Waals surface area contributed by atoms with Crippen molar-refractivity contribution >= 4 is 15.9 Å². The van der Waals surface area contributed by atoms with Crippen molar-refractivity contribution in [2.24, 2.45) is 7.05 Å². The Morgan fingerprint density at radius 1 is 1.50 bits per heavy atom. The van der Waals surface area contributed by atoms with Crippen molar-refractivity contribution in [3.8, 4) is 5.75 Å². The van der Waals surface area contributed by atoms with Crippen molar-refractivity contribution in [3.05, 3.63) is 40.6 Å². The highest BCUT2D eigenvalue weighted by Gasteiger charge is 2.04. The van der Waals surface area contributed by atoms with Crippen molar-refractivity contribution in [1.29, 1.82) is 0 Å². The smallest absolute Gasteiger partial charge is 0.170 e. The molecule has 0 saturated carbocycles. The Bertz CT molecular complexity index is 501. The van der Waals surface area contributed by atoms with Crippen LogP contribution in [0.5, 0.6) is 5.75 Å². The zero-order valence-corrected chi connectivity index (χ0v) is 10.1. The number of rotatable bonds is 3. The molecule has 0 N–H and O–H groups in total. The summed E-state index contributed by atoms with van der Waals surface area (Å²) in [6.07, 6.45) is 1.58. The van der Waals surface area contributed by atoms with E-state index in [0.29, 0.717) is 16.0 Å². The van der Waals surface area contributed by atoms with E-state index >= 15 is 0 Å². The highest BCUT2D eigenvalue weighted by molar-refractivity contribution is 9.10. The molecule has 0 aliphatic rings. The molecule has 0 atom stereocenters. The number of aryl methyl sites for hydroxylation is 1. The van der Waals surface area contributed by atoms with Gasteiger partial charge in [0.2, 0.25) is 0 Å². The molecule has 0 spiro atoms. The molecule has 2 rings (SSSR count). The number of aromatic nitrogens is 3. The van der Waals surface area contributed by atoms with Gasteiger partial charge in [0.25, 0.3) is 0 Å². The number of benzene rings is 1. The Hall–Kier alpha value is -1.43. The molecule has 0 unspecified atom stereocenters. The van der Waals surface area contributed by atoms with Gasteiger partial charge in [-0.05, 0) is 28.1 Å². The fourth-order valence-electron chi connectivity index (χ4n) is 1.15. The summed E-state index contributed by atoms with van der Waals surface area (Å²) in [6, 6.07) is 4.60. The summed E-state index contributed by atoms with van der Waals surface area (Å²) in [5.74, 6) is 0.794. The van der Waals surface area contributed by atoms with Gasteiger partial charge in [-0.3, -0.25) is 0 Å². The summed E-state index contributed by atoms with van der Waals surface area (Å²) in [5, 5.41) is 7.57. The molecule has 84 valence electrons. The summed E-state index contributed by atoms with van der Waals surface area (Å²) in [5.41, 5.74) is 0. The van der Waals surface area contributed by atoms with Crippen LogP contribution in [0.4, 0.5) is 4.39 Å². The van der Waals surface area contributed by atoms with Gasteiger partial charge in [0.15, 0.2) is 5.82 Å². The summed E-state index contributed by atoms with van der Waals surface area (Å²) < 4.78 is 20.7. The van der Waals surface area contributed by atoms with Gasteiger partial charge in [-0.2, -0.15) is 0 Å². The fourth-order valence-corrected chi connectivity index (χ4v) is 1.40. The minimum absolute atomic E-state index is 0.261. The molecule has 4 nitrogen and oxygen atoms in total. The normalized spacial score (nSPS) is 10.4. The summed E-state index contributed by atoms with van der Waals surface area (Å²) in [6.45, 7) is 0.261. The number of hydrogen-bond donors (Lipinski definition) is 0. The van der Waals surface area contributed by atoms with Gasteiger partial charge in [0, 0.05) is 13.1 Å². The van der Waals surface area contributed by atoms with Crippen LogP contribution in [-0.4, -0.2) is 14.8 Å². The second-order valence-corrected chi connectivity index (χ2v) is 4.08. The van der Waals surface area contributed by atoms with Gasteiger partial charge < -0.3 is 9.30 Å². The van der Waals surface area contributed by atoms with Crippen molar-refractivity contribution in [2.45, 2.75) is 6.61 Å². The van der Waals surface area contributed by atoms with E-state index in [4.69, 9.17) is 4.74 Å². The zero-order chi connectivity index (χ0) is 11.5. The third kappa shape index (κ3) is 2.38. The number of nitrogens with zero attached hydrogens (tertiary/aromatic N) is 3. The van der Waals surface area contributed by atoms with Gasteiger partial charge in [-0.15, -0.1) is 10.2 Å². The van der Waals surface area contributed by atoms with Crippen LogP contribution >= 0.6 is 15.9 Å². The lowest BCUT2D eigenvalue weighted by atomic mass is 10.3. The van der Waals surface area contributed by atoms with E-state index in [1.165, 1.54) is 6.07 Å². The molecule has 1 aromatic carbocycles. The Kier molecular flexibility index (Phi) is 3.19. The molecule has 0 saturated heterocycles. The van der Waals surface area contributed by atoms with E-state index in [0.717, 1.165) is 0 Å². The summed E-state index contributed by atoms with van der Waals surface area (Å²) >= 11 is 3.07. The monoisotopic (exact) mass is 285 g/mol. The Morgan fingerprint density at radius 2 is 2.31 bits per heavy atom. The first kappa shape index (κ1) is 11.1. The molecule has 0 fully saturated rings. The first-order valence-electron chi connectivity index (χ1n) is 4.57. The maximum absolute atomic E-state index is 13.2. The highest BCUT2D eigenvalue weighted by atomic mass is 79.9. The summed E-state index contributed by atoms with van der Waals surface area (Å²) in [4.78, 5) is 0. The van der Waals surface area contributed by atoms with Crippen molar-refractivity contribution in [2.75, 3.05) is 0 Å². The average molecular weight is 286 g/mol. The molecule has 0 aliphatic carbocycles. The predicted molar refractivity (Wildman–Crippen MR) is 59.4 cm³/mol. The van der Waals surface area contributed by atoms with Gasteiger partial charge in [0.05, 0.1) is 4.47 Å². The molecule has 16 heavy (non-hydrogen) atoms. The standard InChI is InChI=1S/C10H9BrFN3O/c1-15-6-13-14-10(15)5-16-7-2-3-8(11)9(12)4-7/h2-4,6H,5H2,1H3. The van der Waals surface area contributed by atoms with Gasteiger partial charge >= 0.3 is 0 Å². The predicted octanol–water partition coefficient (Wildman–Crippen LogP) is 2.30. The fraction of sp³-hybridized carbons (Fsp3) is 0.200. The van der Waals surface area contributed by atoms with Crippen LogP contribution in [0.15, 0.2) is 29.0 Å². The third-order valence-electron chi connectivity index (χ3n) is 2.06. The molecular weight excluding hydrogens is 277 g/mol. The molecule has 0 amide bonds. The van der Waals surface area contributed by atoms with Crippen LogP contribution in [0.2, 0.25) is 0 Å². The van der Waals surface area contributed by atoms with E-state index < -0.39 is 0 Å². The second kappa shape index (κ2) is 4.61. The quantitative estimate of drug-likeness (QED) is 0.869. The van der Waals surface area contributed by atoms with E-state index in [-0.39, 0.29) is 12.4 Å². The molecule has 0 radical (unpaired) electrons. The van der Waals surface area contributed by atoms with Gasteiger partial charge in [-0.1, -0.05) is 0 Å². The Labute approximate surface area is 100 Å². The van der Waals surface area contributed by atoms with Crippen LogP contribution in [0.3, 0.4) is 0 Å². The minimum Gasteiger partial charge on any atom is -0.486 e. The topological polar surface area (TPSA) is 39.9 Å². The van der Waals surface area contributed by atoms with Crippen molar-refractivity contribution in [1.82, 2.24) is 14.8 Å². The van der Waals surface area contributed by atoms with E-state index in [1.54, 1.807) is 23.0 Å². The van der Waals surface area contributed by atoms with E-state index in [2.05, 4.69) is 26.1 Å². The molecule has 1 aromatic heterocycles. The Morgan fingerprint density at radius 3 is 2.94 bits per heavy atom. The van der Waals surface area contributed by atoms with Crippen LogP contribution < -0.4 is 4.74 Å². The highest BCUT2D eigenvalue weighted by Crippen LogP contribution is 2.21. The maximum atomic E-state index is 13.2. The van der Waals surface area contributed by atoms with Crippen LogP contribution in [0.25, 0.3) is 0 Å². The maximum Gasteiger partial charge on any atom is 0.170 e. The lowest BCUT2D eigenvalue weighted by Gasteiger charge is -2.05. The van der Waals surface area contributed by atoms with Crippen LogP contribution in [0, 0.1) is 5.82 Å². The molecule has 0 bridgehead atoms. The molecule has 1 heterocycles. The first-order chi connectivity index (χ1) is 7.66. The minimum atomic E-state index is -0.351. The average Bonchev–Trinajstić information content (AvgIpc) is 2.66. The van der Waals surface area contributed by atoms with Crippen molar-refractivity contribution in [3.63, 3.8) is 0 Å². The molecular formula is C10H9BrFN3O. The van der Waals surface area contributed by atoms with Gasteiger partial charge in [0.1, 0.15) is 24.5 Å². The lowest BCUT2D eigenvalue weighted by Crippen LogP contribution is -2.03. The number of ether oxygens (including phenoxy) is 1. The van der Waals surface area contributed by atoms with E-state index in [9.17, 15) is 4.39 Å². The third-order valence-corrected chi connectivity index (χ3v) is 2.71. The van der Waals surface area contributed by atoms with E-state index in [1.807, 2.05) is 7.05 Å². The molecule has 2 aromatic rings. The zero-order valence-electron chi connectivity index (χ0n) is 8.52.